The number of unbranched alkanes of at least 4 members (excludes halogenated alkanes) is 1. The number of aliphatic carboxylic acids is 1. The van der Waals surface area contributed by atoms with Crippen LogP contribution >= 0.6 is 11.8 Å². The van der Waals surface area contributed by atoms with E-state index in [2.05, 4.69) is 6.92 Å². The van der Waals surface area contributed by atoms with E-state index in [0.29, 0.717) is 29.3 Å². The van der Waals surface area contributed by atoms with Crippen LogP contribution in [0.2, 0.25) is 0 Å². The molecule has 1 N–H and O–H groups in total. The SMILES string of the molecule is CCCCC1(CC)CN(c2ccc(F)cc2)c2cc(SC)c(OCCC(=O)O)cc2S(=O)(=O)C1. The summed E-state index contributed by atoms with van der Waals surface area (Å²) in [5.74, 6) is -0.980. The zero-order valence-electron chi connectivity index (χ0n) is 19.8. The summed E-state index contributed by atoms with van der Waals surface area (Å²) in [6.45, 7) is 4.55. The van der Waals surface area contributed by atoms with Gasteiger partial charge in [0.05, 0.1) is 34.3 Å². The molecule has 6 nitrogen and oxygen atoms in total. The van der Waals surface area contributed by atoms with Crippen molar-refractivity contribution in [3.63, 3.8) is 0 Å². The molecule has 3 rings (SSSR count). The molecule has 0 fully saturated rings. The van der Waals surface area contributed by atoms with Crippen molar-refractivity contribution in [1.82, 2.24) is 0 Å². The van der Waals surface area contributed by atoms with Gasteiger partial charge in [0.2, 0.25) is 0 Å². The molecular weight excluding hydrogens is 477 g/mol. The molecule has 1 unspecified atom stereocenters. The number of fused-ring (bicyclic) bond motifs is 1. The van der Waals surface area contributed by atoms with Gasteiger partial charge in [-0.25, -0.2) is 12.8 Å². The molecule has 0 bridgehead atoms. The van der Waals surface area contributed by atoms with Crippen LogP contribution in [0.15, 0.2) is 46.2 Å². The molecule has 1 atom stereocenters. The van der Waals surface area contributed by atoms with Crippen molar-refractivity contribution in [3.8, 4) is 5.75 Å². The third-order valence-electron chi connectivity index (χ3n) is 6.38. The lowest BCUT2D eigenvalue weighted by Gasteiger charge is -2.36. The van der Waals surface area contributed by atoms with Crippen LogP contribution in [0.1, 0.15) is 46.0 Å². The van der Waals surface area contributed by atoms with Crippen molar-refractivity contribution in [2.24, 2.45) is 5.41 Å². The summed E-state index contributed by atoms with van der Waals surface area (Å²) in [4.78, 5) is 13.8. The predicted octanol–water partition coefficient (Wildman–Crippen LogP) is 5.91. The third-order valence-corrected chi connectivity index (χ3v) is 9.13. The van der Waals surface area contributed by atoms with Gasteiger partial charge in [0.25, 0.3) is 0 Å². The highest BCUT2D eigenvalue weighted by atomic mass is 32.2. The van der Waals surface area contributed by atoms with Gasteiger partial charge in [-0.3, -0.25) is 4.79 Å². The molecule has 2 aromatic carbocycles. The first-order chi connectivity index (χ1) is 16.1. The highest BCUT2D eigenvalue weighted by molar-refractivity contribution is 7.98. The Morgan fingerprint density at radius 3 is 2.53 bits per heavy atom. The average Bonchev–Trinajstić information content (AvgIpc) is 2.90. The van der Waals surface area contributed by atoms with Gasteiger partial charge in [0.15, 0.2) is 9.84 Å². The number of carboxylic acids is 1. The molecule has 0 aliphatic carbocycles. The maximum Gasteiger partial charge on any atom is 0.306 e. The third kappa shape index (κ3) is 5.86. The lowest BCUT2D eigenvalue weighted by molar-refractivity contribution is -0.137. The molecule has 186 valence electrons. The summed E-state index contributed by atoms with van der Waals surface area (Å²) in [5, 5.41) is 8.95. The monoisotopic (exact) mass is 509 g/mol. The smallest absolute Gasteiger partial charge is 0.306 e. The van der Waals surface area contributed by atoms with Crippen molar-refractivity contribution in [2.75, 3.05) is 30.1 Å². The number of sulfone groups is 1. The first-order valence-corrected chi connectivity index (χ1v) is 14.3. The van der Waals surface area contributed by atoms with Gasteiger partial charge in [-0.05, 0) is 49.4 Å². The van der Waals surface area contributed by atoms with E-state index in [-0.39, 0.29) is 29.5 Å². The van der Waals surface area contributed by atoms with Gasteiger partial charge in [-0.1, -0.05) is 26.7 Å². The summed E-state index contributed by atoms with van der Waals surface area (Å²) in [5.41, 5.74) is 0.792. The fraction of sp³-hybridized carbons (Fsp3) is 0.480. The molecule has 0 saturated heterocycles. The lowest BCUT2D eigenvalue weighted by Crippen LogP contribution is -2.37. The van der Waals surface area contributed by atoms with Crippen molar-refractivity contribution >= 4 is 38.9 Å². The second-order valence-electron chi connectivity index (χ2n) is 8.74. The van der Waals surface area contributed by atoms with Gasteiger partial charge in [0, 0.05) is 23.7 Å². The predicted molar refractivity (Wildman–Crippen MR) is 134 cm³/mol. The van der Waals surface area contributed by atoms with Gasteiger partial charge in [-0.2, -0.15) is 0 Å². The lowest BCUT2D eigenvalue weighted by atomic mass is 9.81. The van der Waals surface area contributed by atoms with Crippen LogP contribution in [-0.4, -0.2) is 44.7 Å². The normalized spacial score (nSPS) is 19.4. The fourth-order valence-corrected chi connectivity index (χ4v) is 7.13. The number of hydrogen-bond acceptors (Lipinski definition) is 6. The minimum atomic E-state index is -3.69. The minimum Gasteiger partial charge on any atom is -0.492 e. The van der Waals surface area contributed by atoms with Crippen LogP contribution in [-0.2, 0) is 14.6 Å². The number of halogens is 1. The number of nitrogens with zero attached hydrogens (tertiary/aromatic N) is 1. The van der Waals surface area contributed by atoms with Crippen molar-refractivity contribution in [3.05, 3.63) is 42.2 Å². The van der Waals surface area contributed by atoms with Crippen LogP contribution in [0.5, 0.6) is 5.75 Å². The zero-order valence-corrected chi connectivity index (χ0v) is 21.5. The van der Waals surface area contributed by atoms with E-state index >= 15 is 0 Å². The molecule has 0 aromatic heterocycles. The van der Waals surface area contributed by atoms with E-state index in [1.54, 1.807) is 18.2 Å². The van der Waals surface area contributed by atoms with Gasteiger partial charge in [0.1, 0.15) is 11.6 Å². The number of anilines is 2. The van der Waals surface area contributed by atoms with Crippen LogP contribution in [0, 0.1) is 11.2 Å². The van der Waals surface area contributed by atoms with E-state index in [1.165, 1.54) is 30.0 Å². The van der Waals surface area contributed by atoms with Crippen LogP contribution in [0.3, 0.4) is 0 Å². The number of thioether (sulfide) groups is 1. The molecule has 0 amide bonds. The minimum absolute atomic E-state index is 0.00831. The Bertz CT molecular complexity index is 1120. The van der Waals surface area contributed by atoms with E-state index in [9.17, 15) is 17.6 Å². The standard InChI is InChI=1S/C25H32FNO5S2/c1-4-6-12-25(5-2)16-27(19-9-7-18(26)8-10-19)20-14-22(33-3)21(32-13-11-24(28)29)15-23(20)34(30,31)17-25/h7-10,14-15H,4-6,11-13,16-17H2,1-3H3,(H,28,29). The Morgan fingerprint density at radius 1 is 1.24 bits per heavy atom. The van der Waals surface area contributed by atoms with Gasteiger partial charge >= 0.3 is 5.97 Å². The molecule has 1 heterocycles. The first kappa shape index (κ1) is 26.3. The Kier molecular flexibility index (Phi) is 8.52. The number of benzene rings is 2. The Labute approximate surface area is 205 Å². The summed E-state index contributed by atoms with van der Waals surface area (Å²) in [7, 11) is -3.69. The van der Waals surface area contributed by atoms with Crippen molar-refractivity contribution in [2.45, 2.75) is 55.7 Å². The molecule has 0 saturated carbocycles. The van der Waals surface area contributed by atoms with Crippen LogP contribution < -0.4 is 9.64 Å². The van der Waals surface area contributed by atoms with Gasteiger partial charge in [-0.15, -0.1) is 11.8 Å². The Hall–Kier alpha value is -2.26. The molecule has 34 heavy (non-hydrogen) atoms. The Morgan fingerprint density at radius 2 is 1.94 bits per heavy atom. The molecule has 2 aromatic rings. The molecule has 1 aliphatic heterocycles. The fourth-order valence-electron chi connectivity index (χ4n) is 4.40. The average molecular weight is 510 g/mol. The molecular formula is C25H32FNO5S2. The highest BCUT2D eigenvalue weighted by Gasteiger charge is 2.42. The molecule has 0 radical (unpaired) electrons. The Balaban J connectivity index is 2.19. The first-order valence-electron chi connectivity index (χ1n) is 11.5. The molecule has 1 aliphatic rings. The molecule has 9 heteroatoms. The van der Waals surface area contributed by atoms with Gasteiger partial charge < -0.3 is 14.7 Å². The summed E-state index contributed by atoms with van der Waals surface area (Å²) >= 11 is 1.40. The zero-order chi connectivity index (χ0) is 24.9. The number of ether oxygens (including phenoxy) is 1. The summed E-state index contributed by atoms with van der Waals surface area (Å²) < 4.78 is 46.9. The van der Waals surface area contributed by atoms with E-state index in [1.807, 2.05) is 18.1 Å². The number of carbonyl (C=O) groups is 1. The maximum absolute atomic E-state index is 13.8. The maximum atomic E-state index is 13.8. The topological polar surface area (TPSA) is 83.9 Å². The summed E-state index contributed by atoms with van der Waals surface area (Å²) in [6.07, 6.45) is 5.00. The summed E-state index contributed by atoms with van der Waals surface area (Å²) in [6, 6.07) is 9.43. The van der Waals surface area contributed by atoms with Crippen molar-refractivity contribution in [1.29, 1.82) is 0 Å². The number of hydrogen-bond donors (Lipinski definition) is 1. The second-order valence-corrected chi connectivity index (χ2v) is 11.5. The van der Waals surface area contributed by atoms with Crippen molar-refractivity contribution < 1.29 is 27.4 Å². The number of carboxylic acid groups (broad SMARTS) is 1. The van der Waals surface area contributed by atoms with E-state index in [0.717, 1.165) is 24.9 Å². The van der Waals surface area contributed by atoms with Crippen LogP contribution in [0.4, 0.5) is 15.8 Å². The second kappa shape index (κ2) is 11.0. The van der Waals surface area contributed by atoms with E-state index < -0.39 is 21.2 Å². The molecule has 0 spiro atoms. The largest absolute Gasteiger partial charge is 0.492 e. The van der Waals surface area contributed by atoms with Crippen LogP contribution in [0.25, 0.3) is 0 Å². The number of rotatable bonds is 10. The highest BCUT2D eigenvalue weighted by Crippen LogP contribution is 2.47. The van der Waals surface area contributed by atoms with E-state index in [4.69, 9.17) is 9.84 Å². The quantitative estimate of drug-likeness (QED) is 0.398.